The first-order chi connectivity index (χ1) is 9.81. The molecule has 0 spiro atoms. The molecule has 0 bridgehead atoms. The van der Waals surface area contributed by atoms with Gasteiger partial charge in [-0.05, 0) is 54.9 Å². The molecule has 1 aliphatic rings. The Morgan fingerprint density at radius 2 is 1.71 bits per heavy atom. The van der Waals surface area contributed by atoms with E-state index in [1.165, 1.54) is 38.4 Å². The van der Waals surface area contributed by atoms with Crippen LogP contribution in [0.1, 0.15) is 46.0 Å². The highest BCUT2D eigenvalue weighted by atomic mass is 32.2. The number of anilines is 1. The average Bonchev–Trinajstić information content (AvgIpc) is 2.84. The lowest BCUT2D eigenvalue weighted by Gasteiger charge is -2.31. The number of hydrogen-bond acceptors (Lipinski definition) is 3. The van der Waals surface area contributed by atoms with Crippen molar-refractivity contribution in [3.05, 3.63) is 24.3 Å². The van der Waals surface area contributed by atoms with E-state index in [9.17, 15) is 8.42 Å². The number of benzene rings is 1. The highest BCUT2D eigenvalue weighted by Crippen LogP contribution is 2.43. The van der Waals surface area contributed by atoms with Crippen molar-refractivity contribution in [1.29, 1.82) is 0 Å². The zero-order valence-corrected chi connectivity index (χ0v) is 14.2. The van der Waals surface area contributed by atoms with Crippen LogP contribution in [0.3, 0.4) is 0 Å². The van der Waals surface area contributed by atoms with Crippen LogP contribution in [0.2, 0.25) is 0 Å². The van der Waals surface area contributed by atoms with Crippen LogP contribution in [0, 0.1) is 11.3 Å². The van der Waals surface area contributed by atoms with E-state index in [1.54, 1.807) is 12.1 Å². The number of sulfone groups is 1. The molecule has 0 radical (unpaired) electrons. The summed E-state index contributed by atoms with van der Waals surface area (Å²) in [6.45, 7) is 5.57. The Bertz CT molecular complexity index is 555. The van der Waals surface area contributed by atoms with Crippen molar-refractivity contribution in [3.63, 3.8) is 0 Å². The van der Waals surface area contributed by atoms with Gasteiger partial charge in [-0.15, -0.1) is 0 Å². The normalized spacial score (nSPS) is 18.1. The molecule has 1 N–H and O–H groups in total. The first-order valence-corrected chi connectivity index (χ1v) is 9.74. The molecule has 118 valence electrons. The molecule has 3 nitrogen and oxygen atoms in total. The van der Waals surface area contributed by atoms with Gasteiger partial charge in [-0.1, -0.05) is 26.7 Å². The molecule has 0 saturated heterocycles. The van der Waals surface area contributed by atoms with E-state index >= 15 is 0 Å². The number of rotatable bonds is 6. The molecule has 21 heavy (non-hydrogen) atoms. The summed E-state index contributed by atoms with van der Waals surface area (Å²) < 4.78 is 22.9. The second-order valence-corrected chi connectivity index (χ2v) is 8.97. The van der Waals surface area contributed by atoms with E-state index in [4.69, 9.17) is 0 Å². The van der Waals surface area contributed by atoms with Gasteiger partial charge in [0.25, 0.3) is 0 Å². The highest BCUT2D eigenvalue weighted by molar-refractivity contribution is 7.90. The standard InChI is InChI=1S/C17H27NO2S/c1-14(2)12-17(10-4-5-11-17)13-18-15-6-8-16(9-7-15)21(3,19)20/h6-9,14,18H,4-5,10-13H2,1-3H3. The molecule has 0 heterocycles. The largest absolute Gasteiger partial charge is 0.384 e. The van der Waals surface area contributed by atoms with E-state index in [2.05, 4.69) is 19.2 Å². The zero-order valence-electron chi connectivity index (χ0n) is 13.4. The third-order valence-electron chi connectivity index (χ3n) is 4.46. The van der Waals surface area contributed by atoms with Crippen LogP contribution >= 0.6 is 0 Å². The molecule has 0 unspecified atom stereocenters. The first kappa shape index (κ1) is 16.3. The van der Waals surface area contributed by atoms with Gasteiger partial charge in [0.15, 0.2) is 9.84 Å². The Morgan fingerprint density at radius 1 is 1.14 bits per heavy atom. The summed E-state index contributed by atoms with van der Waals surface area (Å²) in [7, 11) is -3.11. The fraction of sp³-hybridized carbons (Fsp3) is 0.647. The minimum absolute atomic E-state index is 0.380. The Kier molecular flexibility index (Phi) is 4.97. The third-order valence-corrected chi connectivity index (χ3v) is 5.58. The Morgan fingerprint density at radius 3 is 2.19 bits per heavy atom. The molecule has 1 aromatic carbocycles. The Hall–Kier alpha value is -1.03. The summed E-state index contributed by atoms with van der Waals surface area (Å²) >= 11 is 0. The van der Waals surface area contributed by atoms with Crippen LogP contribution < -0.4 is 5.32 Å². The van der Waals surface area contributed by atoms with E-state index in [0.29, 0.717) is 10.3 Å². The maximum atomic E-state index is 11.5. The van der Waals surface area contributed by atoms with Crippen molar-refractivity contribution in [2.75, 3.05) is 18.1 Å². The lowest BCUT2D eigenvalue weighted by molar-refractivity contribution is 0.252. The molecule has 0 amide bonds. The lowest BCUT2D eigenvalue weighted by Crippen LogP contribution is -2.28. The summed E-state index contributed by atoms with van der Waals surface area (Å²) in [5.41, 5.74) is 1.43. The van der Waals surface area contributed by atoms with Gasteiger partial charge in [0, 0.05) is 18.5 Å². The van der Waals surface area contributed by atoms with E-state index in [-0.39, 0.29) is 0 Å². The molecule has 1 aromatic rings. The Balaban J connectivity index is 2.01. The van der Waals surface area contributed by atoms with Crippen molar-refractivity contribution in [3.8, 4) is 0 Å². The van der Waals surface area contributed by atoms with Crippen molar-refractivity contribution in [1.82, 2.24) is 0 Å². The molecule has 2 rings (SSSR count). The highest BCUT2D eigenvalue weighted by Gasteiger charge is 2.34. The molecule has 4 heteroatoms. The summed E-state index contributed by atoms with van der Waals surface area (Å²) in [6, 6.07) is 7.10. The second kappa shape index (κ2) is 6.39. The maximum Gasteiger partial charge on any atom is 0.175 e. The van der Waals surface area contributed by atoms with Crippen molar-refractivity contribution < 1.29 is 8.42 Å². The minimum atomic E-state index is -3.11. The number of hydrogen-bond donors (Lipinski definition) is 1. The predicted octanol–water partition coefficient (Wildman–Crippen LogP) is 4.11. The van der Waals surface area contributed by atoms with Gasteiger partial charge in [0.05, 0.1) is 4.90 Å². The molecule has 1 saturated carbocycles. The van der Waals surface area contributed by atoms with Gasteiger partial charge in [0.1, 0.15) is 0 Å². The van der Waals surface area contributed by atoms with Gasteiger partial charge < -0.3 is 5.32 Å². The molecule has 1 aliphatic carbocycles. The van der Waals surface area contributed by atoms with Crippen LogP contribution in [0.25, 0.3) is 0 Å². The smallest absolute Gasteiger partial charge is 0.175 e. The van der Waals surface area contributed by atoms with Crippen LogP contribution in [0.15, 0.2) is 29.2 Å². The van der Waals surface area contributed by atoms with E-state index < -0.39 is 9.84 Å². The molecular formula is C17H27NO2S. The first-order valence-electron chi connectivity index (χ1n) is 7.85. The van der Waals surface area contributed by atoms with Crippen molar-refractivity contribution in [2.45, 2.75) is 50.8 Å². The Labute approximate surface area is 129 Å². The van der Waals surface area contributed by atoms with Crippen molar-refractivity contribution >= 4 is 15.5 Å². The molecular weight excluding hydrogens is 282 g/mol. The van der Waals surface area contributed by atoms with E-state index in [1.807, 2.05) is 12.1 Å². The molecule has 0 atom stereocenters. The summed E-state index contributed by atoms with van der Waals surface area (Å²) in [5.74, 6) is 0.720. The topological polar surface area (TPSA) is 46.2 Å². The van der Waals surface area contributed by atoms with E-state index in [0.717, 1.165) is 18.2 Å². The lowest BCUT2D eigenvalue weighted by atomic mass is 9.78. The second-order valence-electron chi connectivity index (χ2n) is 6.96. The minimum Gasteiger partial charge on any atom is -0.384 e. The maximum absolute atomic E-state index is 11.5. The molecule has 0 aliphatic heterocycles. The fourth-order valence-corrected chi connectivity index (χ4v) is 4.18. The van der Waals surface area contributed by atoms with Crippen molar-refractivity contribution in [2.24, 2.45) is 11.3 Å². The van der Waals surface area contributed by atoms with Crippen LogP contribution in [-0.4, -0.2) is 21.2 Å². The molecule has 0 aromatic heterocycles. The molecule has 1 fully saturated rings. The van der Waals surface area contributed by atoms with Gasteiger partial charge in [-0.3, -0.25) is 0 Å². The quantitative estimate of drug-likeness (QED) is 0.860. The van der Waals surface area contributed by atoms with Crippen LogP contribution in [-0.2, 0) is 9.84 Å². The van der Waals surface area contributed by atoms with Gasteiger partial charge in [-0.2, -0.15) is 0 Å². The summed E-state index contributed by atoms with van der Waals surface area (Å²) in [5, 5.41) is 3.52. The average molecular weight is 309 g/mol. The van der Waals surface area contributed by atoms with Gasteiger partial charge in [0.2, 0.25) is 0 Å². The predicted molar refractivity (Wildman–Crippen MR) is 88.4 cm³/mol. The third kappa shape index (κ3) is 4.47. The number of nitrogens with one attached hydrogen (secondary N) is 1. The van der Waals surface area contributed by atoms with Gasteiger partial charge in [-0.25, -0.2) is 8.42 Å². The fourth-order valence-electron chi connectivity index (χ4n) is 3.55. The zero-order chi connectivity index (χ0) is 15.5. The SMILES string of the molecule is CC(C)CC1(CNc2ccc(S(C)(=O)=O)cc2)CCCC1. The summed E-state index contributed by atoms with van der Waals surface area (Å²) in [6.07, 6.45) is 7.79. The monoisotopic (exact) mass is 309 g/mol. The van der Waals surface area contributed by atoms with Crippen LogP contribution in [0.4, 0.5) is 5.69 Å². The van der Waals surface area contributed by atoms with Gasteiger partial charge >= 0.3 is 0 Å². The summed E-state index contributed by atoms with van der Waals surface area (Å²) in [4.78, 5) is 0.380. The van der Waals surface area contributed by atoms with Crippen LogP contribution in [0.5, 0.6) is 0 Å².